The Labute approximate surface area is 132 Å². The minimum absolute atomic E-state index is 0.161. The summed E-state index contributed by atoms with van der Waals surface area (Å²) in [5.74, 6) is 0. The Kier molecular flexibility index (Phi) is 5.15. The van der Waals surface area contributed by atoms with Gasteiger partial charge in [-0.25, -0.2) is 13.1 Å². The number of aromatic nitrogens is 2. The van der Waals surface area contributed by atoms with Crippen LogP contribution in [0.25, 0.3) is 0 Å². The molecule has 2 N–H and O–H groups in total. The van der Waals surface area contributed by atoms with Crippen molar-refractivity contribution in [1.82, 2.24) is 19.8 Å². The number of hydrogen-bond acceptors (Lipinski definition) is 4. The third-order valence-electron chi connectivity index (χ3n) is 2.88. The molecule has 114 valence electrons. The van der Waals surface area contributed by atoms with Crippen molar-refractivity contribution in [2.75, 3.05) is 7.05 Å². The minimum Gasteiger partial charge on any atom is -0.316 e. The highest BCUT2D eigenvalue weighted by atomic mass is 79.9. The number of benzene rings is 1. The van der Waals surface area contributed by atoms with Gasteiger partial charge in [-0.05, 0) is 46.7 Å². The smallest absolute Gasteiger partial charge is 0.242 e. The summed E-state index contributed by atoms with van der Waals surface area (Å²) >= 11 is 3.32. The van der Waals surface area contributed by atoms with Crippen LogP contribution < -0.4 is 10.0 Å². The van der Waals surface area contributed by atoms with E-state index in [1.807, 2.05) is 7.05 Å². The van der Waals surface area contributed by atoms with Crippen molar-refractivity contribution in [3.05, 3.63) is 46.2 Å². The predicted octanol–water partition coefficient (Wildman–Crippen LogP) is 1.38. The van der Waals surface area contributed by atoms with E-state index in [9.17, 15) is 8.42 Å². The van der Waals surface area contributed by atoms with Gasteiger partial charge in [0.2, 0.25) is 10.0 Å². The highest BCUT2D eigenvalue weighted by molar-refractivity contribution is 9.10. The number of sulfonamides is 1. The molecule has 8 heteroatoms. The molecule has 0 bridgehead atoms. The second-order valence-corrected chi connectivity index (χ2v) is 7.19. The first-order valence-electron chi connectivity index (χ1n) is 6.33. The molecular formula is C13H17BrN4O2S. The zero-order valence-corrected chi connectivity index (χ0v) is 14.2. The summed E-state index contributed by atoms with van der Waals surface area (Å²) in [6, 6.07) is 6.95. The van der Waals surface area contributed by atoms with Crippen LogP contribution in [0.1, 0.15) is 11.3 Å². The predicted molar refractivity (Wildman–Crippen MR) is 84.1 cm³/mol. The van der Waals surface area contributed by atoms with Crippen molar-refractivity contribution >= 4 is 26.0 Å². The molecule has 0 aliphatic heterocycles. The fraction of sp³-hybridized carbons (Fsp3) is 0.308. The molecule has 0 fully saturated rings. The van der Waals surface area contributed by atoms with E-state index in [2.05, 4.69) is 31.1 Å². The number of nitrogens with one attached hydrogen (secondary N) is 2. The molecule has 0 saturated carbocycles. The van der Waals surface area contributed by atoms with Crippen LogP contribution in [-0.4, -0.2) is 25.2 Å². The van der Waals surface area contributed by atoms with Crippen LogP contribution in [0.3, 0.4) is 0 Å². The van der Waals surface area contributed by atoms with Gasteiger partial charge in [0.05, 0.1) is 17.1 Å². The van der Waals surface area contributed by atoms with Crippen LogP contribution in [-0.2, 0) is 30.2 Å². The summed E-state index contributed by atoms with van der Waals surface area (Å²) in [4.78, 5) is 0.221. The number of rotatable bonds is 6. The number of aryl methyl sites for hydroxylation is 1. The average Bonchev–Trinajstić information content (AvgIpc) is 2.83. The second-order valence-electron chi connectivity index (χ2n) is 4.60. The molecule has 0 atom stereocenters. The van der Waals surface area contributed by atoms with E-state index in [1.54, 1.807) is 42.2 Å². The topological polar surface area (TPSA) is 76.0 Å². The van der Waals surface area contributed by atoms with E-state index in [4.69, 9.17) is 0 Å². The molecule has 0 aliphatic rings. The Balaban J connectivity index is 2.15. The van der Waals surface area contributed by atoms with Crippen LogP contribution in [0.5, 0.6) is 0 Å². The molecule has 1 heterocycles. The van der Waals surface area contributed by atoms with E-state index >= 15 is 0 Å². The average molecular weight is 373 g/mol. The minimum atomic E-state index is -3.58. The molecular weight excluding hydrogens is 356 g/mol. The van der Waals surface area contributed by atoms with Gasteiger partial charge in [-0.1, -0.05) is 6.07 Å². The summed E-state index contributed by atoms with van der Waals surface area (Å²) in [6.07, 6.45) is 1.77. The number of nitrogens with zero attached hydrogens (tertiary/aromatic N) is 2. The lowest BCUT2D eigenvalue weighted by molar-refractivity contribution is 0.579. The van der Waals surface area contributed by atoms with Gasteiger partial charge in [0, 0.05) is 24.3 Å². The molecule has 1 aromatic heterocycles. The lowest BCUT2D eigenvalue weighted by Crippen LogP contribution is -2.24. The lowest BCUT2D eigenvalue weighted by Gasteiger charge is -2.09. The monoisotopic (exact) mass is 372 g/mol. The molecule has 21 heavy (non-hydrogen) atoms. The van der Waals surface area contributed by atoms with Crippen molar-refractivity contribution in [3.63, 3.8) is 0 Å². The summed E-state index contributed by atoms with van der Waals surface area (Å²) in [5.41, 5.74) is 1.68. The molecule has 6 nitrogen and oxygen atoms in total. The van der Waals surface area contributed by atoms with Gasteiger partial charge in [-0.2, -0.15) is 5.10 Å². The fourth-order valence-corrected chi connectivity index (χ4v) is 4.00. The normalized spacial score (nSPS) is 11.8. The largest absolute Gasteiger partial charge is 0.316 e. The van der Waals surface area contributed by atoms with Gasteiger partial charge < -0.3 is 5.32 Å². The van der Waals surface area contributed by atoms with Gasteiger partial charge in [-0.3, -0.25) is 4.68 Å². The highest BCUT2D eigenvalue weighted by Gasteiger charge is 2.18. The first kappa shape index (κ1) is 16.2. The molecule has 2 aromatic rings. The first-order valence-corrected chi connectivity index (χ1v) is 8.61. The Morgan fingerprint density at radius 3 is 2.62 bits per heavy atom. The van der Waals surface area contributed by atoms with Gasteiger partial charge in [0.25, 0.3) is 0 Å². The standard InChI is InChI=1S/C13H17BrN4O2S/c1-15-8-10-3-4-13(12(14)7-10)21(19,20)16-9-11-5-6-18(2)17-11/h3-7,15-16H,8-9H2,1-2H3. The third-order valence-corrected chi connectivity index (χ3v) is 5.26. The Morgan fingerprint density at radius 1 is 1.29 bits per heavy atom. The molecule has 0 saturated heterocycles. The maximum absolute atomic E-state index is 12.3. The lowest BCUT2D eigenvalue weighted by atomic mass is 10.2. The first-order chi connectivity index (χ1) is 9.92. The van der Waals surface area contributed by atoms with Crippen molar-refractivity contribution in [3.8, 4) is 0 Å². The Morgan fingerprint density at radius 2 is 2.05 bits per heavy atom. The van der Waals surface area contributed by atoms with Crippen LogP contribution >= 0.6 is 15.9 Å². The van der Waals surface area contributed by atoms with E-state index in [-0.39, 0.29) is 11.4 Å². The maximum atomic E-state index is 12.3. The van der Waals surface area contributed by atoms with E-state index in [0.29, 0.717) is 16.7 Å². The van der Waals surface area contributed by atoms with Crippen molar-refractivity contribution in [1.29, 1.82) is 0 Å². The second kappa shape index (κ2) is 6.69. The Bertz CT molecular complexity index is 728. The number of hydrogen-bond donors (Lipinski definition) is 2. The van der Waals surface area contributed by atoms with Gasteiger partial charge in [0.15, 0.2) is 0 Å². The van der Waals surface area contributed by atoms with Gasteiger partial charge >= 0.3 is 0 Å². The van der Waals surface area contributed by atoms with Gasteiger partial charge in [0.1, 0.15) is 0 Å². The SMILES string of the molecule is CNCc1ccc(S(=O)(=O)NCc2ccn(C)n2)c(Br)c1. The van der Waals surface area contributed by atoms with Crippen molar-refractivity contribution in [2.24, 2.45) is 7.05 Å². The van der Waals surface area contributed by atoms with E-state index in [0.717, 1.165) is 5.56 Å². The van der Waals surface area contributed by atoms with E-state index in [1.165, 1.54) is 0 Å². The van der Waals surface area contributed by atoms with Gasteiger partial charge in [-0.15, -0.1) is 0 Å². The quantitative estimate of drug-likeness (QED) is 0.802. The van der Waals surface area contributed by atoms with Crippen LogP contribution in [0.15, 0.2) is 39.8 Å². The highest BCUT2D eigenvalue weighted by Crippen LogP contribution is 2.23. The van der Waals surface area contributed by atoms with E-state index < -0.39 is 10.0 Å². The summed E-state index contributed by atoms with van der Waals surface area (Å²) in [6.45, 7) is 0.841. The molecule has 0 aliphatic carbocycles. The molecule has 0 amide bonds. The molecule has 0 radical (unpaired) electrons. The summed E-state index contributed by atoms with van der Waals surface area (Å²) in [7, 11) is 0.0489. The number of halogens is 1. The van der Waals surface area contributed by atoms with Crippen molar-refractivity contribution in [2.45, 2.75) is 18.0 Å². The zero-order valence-electron chi connectivity index (χ0n) is 11.8. The zero-order chi connectivity index (χ0) is 15.5. The van der Waals surface area contributed by atoms with Crippen LogP contribution in [0.4, 0.5) is 0 Å². The third kappa shape index (κ3) is 4.13. The summed E-state index contributed by atoms with van der Waals surface area (Å²) in [5, 5.41) is 7.16. The molecule has 0 unspecified atom stereocenters. The fourth-order valence-electron chi connectivity index (χ4n) is 1.88. The molecule has 1 aromatic carbocycles. The van der Waals surface area contributed by atoms with Crippen LogP contribution in [0, 0.1) is 0 Å². The molecule has 0 spiro atoms. The Hall–Kier alpha value is -1.22. The molecule has 2 rings (SSSR count). The van der Waals surface area contributed by atoms with Crippen LogP contribution in [0.2, 0.25) is 0 Å². The van der Waals surface area contributed by atoms with Crippen molar-refractivity contribution < 1.29 is 8.42 Å². The summed E-state index contributed by atoms with van der Waals surface area (Å²) < 4.78 is 29.3. The maximum Gasteiger partial charge on any atom is 0.242 e.